The molecule has 8 heteroatoms. The molecule has 1 fully saturated rings. The van der Waals surface area contributed by atoms with Crippen molar-refractivity contribution in [2.45, 2.75) is 27.7 Å². The predicted octanol–water partition coefficient (Wildman–Crippen LogP) is 1.67. The Labute approximate surface area is 170 Å². The van der Waals surface area contributed by atoms with Gasteiger partial charge in [0.05, 0.1) is 5.75 Å². The first-order valence-electron chi connectivity index (χ1n) is 10.1. The summed E-state index contributed by atoms with van der Waals surface area (Å²) in [5.74, 6) is 0.853. The van der Waals surface area contributed by atoms with Crippen molar-refractivity contribution in [3.63, 3.8) is 0 Å². The van der Waals surface area contributed by atoms with Gasteiger partial charge in [0.25, 0.3) is 0 Å². The summed E-state index contributed by atoms with van der Waals surface area (Å²) in [6.07, 6.45) is 0. The van der Waals surface area contributed by atoms with E-state index < -0.39 is 10.0 Å². The van der Waals surface area contributed by atoms with Gasteiger partial charge >= 0.3 is 0 Å². The van der Waals surface area contributed by atoms with Gasteiger partial charge in [-0.15, -0.1) is 0 Å². The molecular formula is C20H35N5O2S. The number of aryl methyl sites for hydroxylation is 1. The highest BCUT2D eigenvalue weighted by molar-refractivity contribution is 7.89. The van der Waals surface area contributed by atoms with Gasteiger partial charge in [-0.3, -0.25) is 4.99 Å². The maximum Gasteiger partial charge on any atom is 0.215 e. The van der Waals surface area contributed by atoms with Gasteiger partial charge in [-0.25, -0.2) is 12.7 Å². The Morgan fingerprint density at radius 3 is 2.36 bits per heavy atom. The lowest BCUT2D eigenvalue weighted by molar-refractivity contribution is 0.373. The first-order chi connectivity index (χ1) is 13.3. The van der Waals surface area contributed by atoms with Crippen LogP contribution in [0.25, 0.3) is 0 Å². The van der Waals surface area contributed by atoms with Crippen LogP contribution in [0.3, 0.4) is 0 Å². The van der Waals surface area contributed by atoms with Crippen molar-refractivity contribution in [1.82, 2.24) is 14.5 Å². The van der Waals surface area contributed by atoms with Gasteiger partial charge in [0, 0.05) is 58.5 Å². The Morgan fingerprint density at radius 2 is 1.79 bits per heavy atom. The zero-order valence-electron chi connectivity index (χ0n) is 17.9. The monoisotopic (exact) mass is 409 g/mol. The third kappa shape index (κ3) is 5.38. The zero-order valence-corrected chi connectivity index (χ0v) is 18.7. The third-order valence-electron chi connectivity index (χ3n) is 5.45. The average Bonchev–Trinajstić information content (AvgIpc) is 2.68. The SMILES string of the molecule is CCN(CC)S(=O)(=O)CCNC(=NC)N1CCN(c2cccc(C)c2C)CC1. The fraction of sp³-hybridized carbons (Fsp3) is 0.650. The van der Waals surface area contributed by atoms with Crippen LogP contribution in [0.1, 0.15) is 25.0 Å². The lowest BCUT2D eigenvalue weighted by Gasteiger charge is -2.38. The Kier molecular flexibility index (Phi) is 8.12. The highest BCUT2D eigenvalue weighted by Crippen LogP contribution is 2.23. The lowest BCUT2D eigenvalue weighted by atomic mass is 10.1. The topological polar surface area (TPSA) is 68.2 Å². The molecule has 28 heavy (non-hydrogen) atoms. The molecule has 158 valence electrons. The van der Waals surface area contributed by atoms with Crippen molar-refractivity contribution in [1.29, 1.82) is 0 Å². The molecule has 1 heterocycles. The number of nitrogens with one attached hydrogen (secondary N) is 1. The van der Waals surface area contributed by atoms with Crippen LogP contribution in [-0.4, -0.2) is 82.2 Å². The predicted molar refractivity (Wildman–Crippen MR) is 118 cm³/mol. The molecule has 1 aliphatic rings. The molecular weight excluding hydrogens is 374 g/mol. The number of hydrogen-bond acceptors (Lipinski definition) is 4. The smallest absolute Gasteiger partial charge is 0.215 e. The molecule has 1 aromatic carbocycles. The second-order valence-corrected chi connectivity index (χ2v) is 9.16. The lowest BCUT2D eigenvalue weighted by Crippen LogP contribution is -2.53. The molecule has 7 nitrogen and oxygen atoms in total. The summed E-state index contributed by atoms with van der Waals surface area (Å²) < 4.78 is 26.1. The Morgan fingerprint density at radius 1 is 1.14 bits per heavy atom. The number of nitrogens with zero attached hydrogens (tertiary/aromatic N) is 4. The quantitative estimate of drug-likeness (QED) is 0.548. The fourth-order valence-corrected chi connectivity index (χ4v) is 5.01. The van der Waals surface area contributed by atoms with Gasteiger partial charge in [0.15, 0.2) is 5.96 Å². The summed E-state index contributed by atoms with van der Waals surface area (Å²) in [7, 11) is -1.47. The minimum atomic E-state index is -3.22. The molecule has 0 unspecified atom stereocenters. The highest BCUT2D eigenvalue weighted by atomic mass is 32.2. The number of rotatable bonds is 7. The third-order valence-corrected chi connectivity index (χ3v) is 7.47. The van der Waals surface area contributed by atoms with E-state index in [-0.39, 0.29) is 5.75 Å². The molecule has 1 saturated heterocycles. The standard InChI is InChI=1S/C20H35N5O2S/c1-6-25(7-2)28(26,27)16-11-22-20(21-5)24-14-12-23(13-15-24)19-10-8-9-17(3)18(19)4/h8-10H,6-7,11-16H2,1-5H3,(H,21,22). The van der Waals surface area contributed by atoms with E-state index in [0.717, 1.165) is 32.1 Å². The normalized spacial score (nSPS) is 16.0. The Balaban J connectivity index is 1.89. The number of aliphatic imine (C=N–C) groups is 1. The number of benzene rings is 1. The van der Waals surface area contributed by atoms with E-state index >= 15 is 0 Å². The largest absolute Gasteiger partial charge is 0.368 e. The van der Waals surface area contributed by atoms with Crippen LogP contribution in [0, 0.1) is 13.8 Å². The van der Waals surface area contributed by atoms with Crippen molar-refractivity contribution in [3.8, 4) is 0 Å². The summed E-state index contributed by atoms with van der Waals surface area (Å²) in [5.41, 5.74) is 3.94. The number of guanidine groups is 1. The van der Waals surface area contributed by atoms with E-state index in [1.807, 2.05) is 13.8 Å². The fourth-order valence-electron chi connectivity index (χ4n) is 3.61. The van der Waals surface area contributed by atoms with Crippen LogP contribution in [-0.2, 0) is 10.0 Å². The number of hydrogen-bond donors (Lipinski definition) is 1. The Bertz CT molecular complexity index is 767. The van der Waals surface area contributed by atoms with Crippen LogP contribution in [0.5, 0.6) is 0 Å². The minimum Gasteiger partial charge on any atom is -0.368 e. The molecule has 0 radical (unpaired) electrons. The second kappa shape index (κ2) is 10.1. The summed E-state index contributed by atoms with van der Waals surface area (Å²) in [4.78, 5) is 8.96. The Hall–Kier alpha value is -1.80. The van der Waals surface area contributed by atoms with E-state index in [1.54, 1.807) is 7.05 Å². The summed E-state index contributed by atoms with van der Waals surface area (Å²) in [6.45, 7) is 13.0. The van der Waals surface area contributed by atoms with Crippen molar-refractivity contribution in [3.05, 3.63) is 29.3 Å². The van der Waals surface area contributed by atoms with Crippen LogP contribution in [0.15, 0.2) is 23.2 Å². The molecule has 0 bridgehead atoms. The van der Waals surface area contributed by atoms with Crippen LogP contribution < -0.4 is 10.2 Å². The molecule has 1 N–H and O–H groups in total. The maximum atomic E-state index is 12.3. The van der Waals surface area contributed by atoms with E-state index in [4.69, 9.17) is 0 Å². The van der Waals surface area contributed by atoms with Gasteiger partial charge in [-0.05, 0) is 31.0 Å². The highest BCUT2D eigenvalue weighted by Gasteiger charge is 2.22. The molecule has 2 rings (SSSR count). The second-order valence-electron chi connectivity index (χ2n) is 7.07. The first kappa shape index (κ1) is 22.5. The maximum absolute atomic E-state index is 12.3. The van der Waals surface area contributed by atoms with Crippen molar-refractivity contribution >= 4 is 21.7 Å². The van der Waals surface area contributed by atoms with Gasteiger partial charge in [-0.1, -0.05) is 26.0 Å². The van der Waals surface area contributed by atoms with E-state index in [9.17, 15) is 8.42 Å². The minimum absolute atomic E-state index is 0.0795. The molecule has 1 aromatic rings. The molecule has 0 atom stereocenters. The molecule has 0 aliphatic carbocycles. The van der Waals surface area contributed by atoms with Gasteiger partial charge in [-0.2, -0.15) is 0 Å². The summed E-state index contributed by atoms with van der Waals surface area (Å²) in [6, 6.07) is 6.44. The molecule has 0 saturated carbocycles. The van der Waals surface area contributed by atoms with Gasteiger partial charge in [0.1, 0.15) is 0 Å². The molecule has 1 aliphatic heterocycles. The van der Waals surface area contributed by atoms with Crippen LogP contribution >= 0.6 is 0 Å². The summed E-state index contributed by atoms with van der Waals surface area (Å²) in [5, 5.41) is 3.22. The average molecular weight is 410 g/mol. The van der Waals surface area contributed by atoms with E-state index in [1.165, 1.54) is 21.1 Å². The van der Waals surface area contributed by atoms with Crippen molar-refractivity contribution in [2.75, 3.05) is 63.5 Å². The van der Waals surface area contributed by atoms with Gasteiger partial charge < -0.3 is 15.1 Å². The van der Waals surface area contributed by atoms with E-state index in [2.05, 4.69) is 52.2 Å². The van der Waals surface area contributed by atoms with Gasteiger partial charge in [0.2, 0.25) is 10.0 Å². The number of piperazine rings is 1. The molecule has 0 aromatic heterocycles. The summed E-state index contributed by atoms with van der Waals surface area (Å²) >= 11 is 0. The van der Waals surface area contributed by atoms with E-state index in [0.29, 0.717) is 19.6 Å². The molecule has 0 amide bonds. The van der Waals surface area contributed by atoms with Crippen LogP contribution in [0.4, 0.5) is 5.69 Å². The van der Waals surface area contributed by atoms with Crippen molar-refractivity contribution in [2.24, 2.45) is 4.99 Å². The first-order valence-corrected chi connectivity index (χ1v) is 11.7. The number of anilines is 1. The van der Waals surface area contributed by atoms with Crippen molar-refractivity contribution < 1.29 is 8.42 Å². The van der Waals surface area contributed by atoms with Crippen LogP contribution in [0.2, 0.25) is 0 Å². The zero-order chi connectivity index (χ0) is 20.7. The number of sulfonamides is 1. The molecule has 0 spiro atoms.